The SMILES string of the molecule is CC1C[C@@H](O)[C@@H](O)[C@@H](C=O)O1. The molecule has 2 N–H and O–H groups in total. The van der Waals surface area contributed by atoms with Gasteiger partial charge in [-0.3, -0.25) is 0 Å². The number of hydrogen-bond acceptors (Lipinski definition) is 4. The van der Waals surface area contributed by atoms with E-state index in [0.717, 1.165) is 0 Å². The van der Waals surface area contributed by atoms with Crippen molar-refractivity contribution in [3.05, 3.63) is 0 Å². The maximum atomic E-state index is 10.3. The van der Waals surface area contributed by atoms with Gasteiger partial charge in [-0.1, -0.05) is 0 Å². The van der Waals surface area contributed by atoms with Gasteiger partial charge < -0.3 is 19.7 Å². The maximum Gasteiger partial charge on any atom is 0.151 e. The van der Waals surface area contributed by atoms with Gasteiger partial charge in [-0.2, -0.15) is 0 Å². The standard InChI is InChI=1S/C7H12O4/c1-4-2-5(9)7(10)6(3-8)11-4/h3-7,9-10H,2H2,1H3/t4?,5-,6-,7-/m1/s1. The van der Waals surface area contributed by atoms with Gasteiger partial charge in [-0.05, 0) is 6.92 Å². The summed E-state index contributed by atoms with van der Waals surface area (Å²) in [5.74, 6) is 0. The van der Waals surface area contributed by atoms with Gasteiger partial charge in [0.25, 0.3) is 0 Å². The lowest BCUT2D eigenvalue weighted by Gasteiger charge is -2.32. The maximum absolute atomic E-state index is 10.3. The van der Waals surface area contributed by atoms with Crippen molar-refractivity contribution in [2.45, 2.75) is 37.8 Å². The first-order valence-corrected chi connectivity index (χ1v) is 3.62. The number of aldehydes is 1. The smallest absolute Gasteiger partial charge is 0.151 e. The Morgan fingerprint density at radius 3 is 2.73 bits per heavy atom. The highest BCUT2D eigenvalue weighted by Gasteiger charge is 2.34. The normalized spacial score (nSPS) is 45.4. The molecule has 4 atom stereocenters. The summed E-state index contributed by atoms with van der Waals surface area (Å²) in [4.78, 5) is 10.3. The van der Waals surface area contributed by atoms with E-state index >= 15 is 0 Å². The third-order valence-electron chi connectivity index (χ3n) is 1.83. The summed E-state index contributed by atoms with van der Waals surface area (Å²) in [7, 11) is 0. The Hall–Kier alpha value is -0.450. The number of carbonyl (C=O) groups is 1. The van der Waals surface area contributed by atoms with Crippen molar-refractivity contribution < 1.29 is 19.7 Å². The van der Waals surface area contributed by atoms with Crippen molar-refractivity contribution in [3.63, 3.8) is 0 Å². The van der Waals surface area contributed by atoms with Crippen LogP contribution in [0.4, 0.5) is 0 Å². The quantitative estimate of drug-likeness (QED) is 0.487. The van der Waals surface area contributed by atoms with E-state index in [4.69, 9.17) is 14.9 Å². The number of hydrogen-bond donors (Lipinski definition) is 2. The lowest BCUT2D eigenvalue weighted by molar-refractivity contribution is -0.167. The van der Waals surface area contributed by atoms with Crippen molar-refractivity contribution in [3.8, 4) is 0 Å². The van der Waals surface area contributed by atoms with E-state index in [1.54, 1.807) is 6.92 Å². The van der Waals surface area contributed by atoms with Crippen LogP contribution in [-0.4, -0.2) is 40.9 Å². The zero-order valence-electron chi connectivity index (χ0n) is 6.30. The monoisotopic (exact) mass is 160 g/mol. The van der Waals surface area contributed by atoms with Gasteiger partial charge in [0.1, 0.15) is 12.2 Å². The average molecular weight is 160 g/mol. The first kappa shape index (κ1) is 8.64. The summed E-state index contributed by atoms with van der Waals surface area (Å²) in [5, 5.41) is 18.3. The van der Waals surface area contributed by atoms with E-state index in [9.17, 15) is 4.79 Å². The van der Waals surface area contributed by atoms with Crippen molar-refractivity contribution in [2.75, 3.05) is 0 Å². The summed E-state index contributed by atoms with van der Waals surface area (Å²) in [6, 6.07) is 0. The fraction of sp³-hybridized carbons (Fsp3) is 0.857. The molecule has 1 unspecified atom stereocenters. The molecule has 0 saturated carbocycles. The first-order chi connectivity index (χ1) is 5.15. The molecule has 1 saturated heterocycles. The Balaban J connectivity index is 2.58. The molecule has 1 heterocycles. The van der Waals surface area contributed by atoms with E-state index in [2.05, 4.69) is 0 Å². The summed E-state index contributed by atoms with van der Waals surface area (Å²) in [5.41, 5.74) is 0. The predicted molar refractivity (Wildman–Crippen MR) is 37.0 cm³/mol. The van der Waals surface area contributed by atoms with E-state index < -0.39 is 18.3 Å². The lowest BCUT2D eigenvalue weighted by atomic mass is 9.99. The summed E-state index contributed by atoms with van der Waals surface area (Å²) in [6.45, 7) is 1.76. The second-order valence-corrected chi connectivity index (χ2v) is 2.84. The third kappa shape index (κ3) is 1.77. The molecule has 4 heteroatoms. The highest BCUT2D eigenvalue weighted by atomic mass is 16.5. The Morgan fingerprint density at radius 1 is 1.55 bits per heavy atom. The Labute approximate surface area is 64.8 Å². The van der Waals surface area contributed by atoms with Crippen LogP contribution >= 0.6 is 0 Å². The van der Waals surface area contributed by atoms with Crippen molar-refractivity contribution in [1.29, 1.82) is 0 Å². The molecule has 4 nitrogen and oxygen atoms in total. The molecule has 11 heavy (non-hydrogen) atoms. The number of carbonyl (C=O) groups excluding carboxylic acids is 1. The van der Waals surface area contributed by atoms with Gasteiger partial charge in [0.2, 0.25) is 0 Å². The predicted octanol–water partition coefficient (Wildman–Crippen LogP) is -0.916. The molecule has 0 aromatic carbocycles. The number of aliphatic hydroxyl groups excluding tert-OH is 2. The van der Waals surface area contributed by atoms with Gasteiger partial charge in [-0.15, -0.1) is 0 Å². The number of rotatable bonds is 1. The molecule has 1 fully saturated rings. The molecule has 0 aromatic heterocycles. The van der Waals surface area contributed by atoms with E-state index in [1.165, 1.54) is 0 Å². The van der Waals surface area contributed by atoms with Crippen molar-refractivity contribution >= 4 is 6.29 Å². The van der Waals surface area contributed by atoms with Crippen LogP contribution in [0.5, 0.6) is 0 Å². The van der Waals surface area contributed by atoms with Gasteiger partial charge in [0.05, 0.1) is 12.2 Å². The fourth-order valence-electron chi connectivity index (χ4n) is 1.22. The summed E-state index contributed by atoms with van der Waals surface area (Å²) >= 11 is 0. The molecule has 0 amide bonds. The third-order valence-corrected chi connectivity index (χ3v) is 1.83. The molecule has 1 aliphatic rings. The van der Waals surface area contributed by atoms with Gasteiger partial charge in [0, 0.05) is 6.42 Å². The van der Waals surface area contributed by atoms with Gasteiger partial charge in [0.15, 0.2) is 6.29 Å². The minimum atomic E-state index is -1.07. The first-order valence-electron chi connectivity index (χ1n) is 3.62. The molecule has 64 valence electrons. The van der Waals surface area contributed by atoms with E-state index in [0.29, 0.717) is 12.7 Å². The highest BCUT2D eigenvalue weighted by molar-refractivity contribution is 5.57. The van der Waals surface area contributed by atoms with Crippen LogP contribution in [0.15, 0.2) is 0 Å². The number of ether oxygens (including phenoxy) is 1. The van der Waals surface area contributed by atoms with Crippen LogP contribution in [0.25, 0.3) is 0 Å². The molecule has 0 bridgehead atoms. The topological polar surface area (TPSA) is 66.8 Å². The van der Waals surface area contributed by atoms with Crippen LogP contribution in [0, 0.1) is 0 Å². The van der Waals surface area contributed by atoms with Gasteiger partial charge >= 0.3 is 0 Å². The molecular formula is C7H12O4. The Kier molecular flexibility index (Phi) is 2.59. The molecule has 0 aliphatic carbocycles. The Morgan fingerprint density at radius 2 is 2.18 bits per heavy atom. The second kappa shape index (κ2) is 3.30. The van der Waals surface area contributed by atoms with Gasteiger partial charge in [-0.25, -0.2) is 0 Å². The zero-order chi connectivity index (χ0) is 8.43. The second-order valence-electron chi connectivity index (χ2n) is 2.84. The van der Waals surface area contributed by atoms with Crippen LogP contribution in [0.2, 0.25) is 0 Å². The largest absolute Gasteiger partial charge is 0.390 e. The average Bonchev–Trinajstić information content (AvgIpc) is 1.96. The van der Waals surface area contributed by atoms with Crippen LogP contribution in [-0.2, 0) is 9.53 Å². The molecule has 0 spiro atoms. The fourth-order valence-corrected chi connectivity index (χ4v) is 1.22. The molecule has 0 aromatic rings. The summed E-state index contributed by atoms with van der Waals surface area (Å²) < 4.78 is 5.04. The molecule has 0 radical (unpaired) electrons. The van der Waals surface area contributed by atoms with E-state index in [1.807, 2.05) is 0 Å². The molecule has 1 rings (SSSR count). The number of aliphatic hydroxyl groups is 2. The molecule has 1 aliphatic heterocycles. The molecular weight excluding hydrogens is 148 g/mol. The zero-order valence-corrected chi connectivity index (χ0v) is 6.30. The minimum absolute atomic E-state index is 0.163. The highest BCUT2D eigenvalue weighted by Crippen LogP contribution is 2.18. The van der Waals surface area contributed by atoms with E-state index in [-0.39, 0.29) is 6.10 Å². The van der Waals surface area contributed by atoms with Crippen molar-refractivity contribution in [2.24, 2.45) is 0 Å². The van der Waals surface area contributed by atoms with Crippen molar-refractivity contribution in [1.82, 2.24) is 0 Å². The van der Waals surface area contributed by atoms with Crippen LogP contribution in [0.3, 0.4) is 0 Å². The Bertz CT molecular complexity index is 147. The lowest BCUT2D eigenvalue weighted by Crippen LogP contribution is -2.48. The van der Waals surface area contributed by atoms with Crippen LogP contribution in [0.1, 0.15) is 13.3 Å². The minimum Gasteiger partial charge on any atom is -0.390 e. The summed E-state index contributed by atoms with van der Waals surface area (Å²) in [6.07, 6.45) is -2.04. The van der Waals surface area contributed by atoms with Crippen LogP contribution < -0.4 is 0 Å².